The first-order chi connectivity index (χ1) is 15.7. The third-order valence-electron chi connectivity index (χ3n) is 6.29. The van der Waals surface area contributed by atoms with Gasteiger partial charge in [0.1, 0.15) is 0 Å². The van der Waals surface area contributed by atoms with Gasteiger partial charge in [0.2, 0.25) is 0 Å². The molecule has 176 valence electrons. The minimum Gasteiger partial charge on any atom is -0.289 e. The number of Topliss-reactive ketones (excluding diaryl/α,β-unsaturated/α-hetero) is 2. The van der Waals surface area contributed by atoms with Crippen molar-refractivity contribution >= 4 is 11.6 Å². The normalized spacial score (nSPS) is 15.2. The van der Waals surface area contributed by atoms with Gasteiger partial charge in [-0.25, -0.2) is 0 Å². The van der Waals surface area contributed by atoms with Crippen molar-refractivity contribution in [1.82, 2.24) is 0 Å². The SMILES string of the molecule is CC(C)=CCC/C(C)=C/CC/C(C)=C\CC/C(C)=C\CC1=C(C)C(=O)c2ccccc2C1=O. The molecule has 1 aromatic rings. The Bertz CT molecular complexity index is 1020. The van der Waals surface area contributed by atoms with Crippen LogP contribution in [0.25, 0.3) is 0 Å². The molecule has 0 fully saturated rings. The molecule has 0 aliphatic heterocycles. The molecule has 0 amide bonds. The van der Waals surface area contributed by atoms with Crippen LogP contribution in [0.1, 0.15) is 107 Å². The maximum Gasteiger partial charge on any atom is 0.190 e. The standard InChI is InChI=1S/C31H40O2/c1-22(2)12-9-13-23(3)14-10-15-24(4)16-11-17-25(5)20-21-27-26(6)30(32)28-18-7-8-19-29(28)31(27)33/h7-8,12,14,16,18-20H,9-11,13,15,17,21H2,1-6H3/b23-14+,24-16-,25-20-. The number of hydrogen-bond donors (Lipinski definition) is 0. The molecule has 0 unspecified atom stereocenters. The molecule has 2 nitrogen and oxygen atoms in total. The topological polar surface area (TPSA) is 34.1 Å². The summed E-state index contributed by atoms with van der Waals surface area (Å²) in [4.78, 5) is 25.5. The Balaban J connectivity index is 1.83. The molecule has 1 aliphatic rings. The fourth-order valence-electron chi connectivity index (χ4n) is 4.06. The second kappa shape index (κ2) is 13.1. The Morgan fingerprint density at radius 2 is 1.12 bits per heavy atom. The van der Waals surface area contributed by atoms with Crippen molar-refractivity contribution < 1.29 is 9.59 Å². The Morgan fingerprint density at radius 3 is 1.64 bits per heavy atom. The van der Waals surface area contributed by atoms with Gasteiger partial charge in [-0.05, 0) is 86.5 Å². The lowest BCUT2D eigenvalue weighted by molar-refractivity contribution is 0.0973. The molecule has 0 spiro atoms. The van der Waals surface area contributed by atoms with Gasteiger partial charge in [0, 0.05) is 22.3 Å². The van der Waals surface area contributed by atoms with Gasteiger partial charge in [-0.15, -0.1) is 0 Å². The molecular formula is C31H40O2. The smallest absolute Gasteiger partial charge is 0.190 e. The lowest BCUT2D eigenvalue weighted by Crippen LogP contribution is -2.20. The molecule has 0 aromatic heterocycles. The molecule has 0 heterocycles. The third kappa shape index (κ3) is 8.28. The number of carbonyl (C=O) groups excluding carboxylic acids is 2. The first-order valence-corrected chi connectivity index (χ1v) is 12.2. The van der Waals surface area contributed by atoms with Crippen LogP contribution in [0.2, 0.25) is 0 Å². The van der Waals surface area contributed by atoms with Crippen LogP contribution < -0.4 is 0 Å². The highest BCUT2D eigenvalue weighted by atomic mass is 16.1. The first-order valence-electron chi connectivity index (χ1n) is 12.2. The zero-order valence-corrected chi connectivity index (χ0v) is 21.4. The van der Waals surface area contributed by atoms with Gasteiger partial charge in [-0.1, -0.05) is 70.9 Å². The highest BCUT2D eigenvalue weighted by molar-refractivity contribution is 6.26. The summed E-state index contributed by atoms with van der Waals surface area (Å²) in [5, 5.41) is 0. The lowest BCUT2D eigenvalue weighted by Gasteiger charge is -2.18. The molecule has 0 atom stereocenters. The van der Waals surface area contributed by atoms with Gasteiger partial charge in [-0.2, -0.15) is 0 Å². The molecule has 33 heavy (non-hydrogen) atoms. The van der Waals surface area contributed by atoms with E-state index >= 15 is 0 Å². The summed E-state index contributed by atoms with van der Waals surface area (Å²) < 4.78 is 0. The molecule has 2 heteroatoms. The van der Waals surface area contributed by atoms with E-state index < -0.39 is 0 Å². The van der Waals surface area contributed by atoms with Crippen LogP contribution in [0, 0.1) is 0 Å². The molecule has 1 aliphatic carbocycles. The van der Waals surface area contributed by atoms with Gasteiger partial charge < -0.3 is 0 Å². The minimum atomic E-state index is -0.0222. The van der Waals surface area contributed by atoms with Gasteiger partial charge >= 0.3 is 0 Å². The fraction of sp³-hybridized carbons (Fsp3) is 0.419. The molecule has 0 saturated carbocycles. The van der Waals surface area contributed by atoms with E-state index in [9.17, 15) is 9.59 Å². The molecule has 0 N–H and O–H groups in total. The zero-order chi connectivity index (χ0) is 24.4. The van der Waals surface area contributed by atoms with Crippen LogP contribution in [0.5, 0.6) is 0 Å². The summed E-state index contributed by atoms with van der Waals surface area (Å²) in [6.07, 6.45) is 16.1. The van der Waals surface area contributed by atoms with Gasteiger partial charge in [0.25, 0.3) is 0 Å². The van der Waals surface area contributed by atoms with Crippen molar-refractivity contribution in [2.75, 3.05) is 0 Å². The largest absolute Gasteiger partial charge is 0.289 e. The average molecular weight is 445 g/mol. The van der Waals surface area contributed by atoms with E-state index in [1.54, 1.807) is 19.1 Å². The number of benzene rings is 1. The Labute approximate surface area is 200 Å². The number of carbonyl (C=O) groups is 2. The predicted octanol–water partition coefficient (Wildman–Crippen LogP) is 8.92. The summed E-state index contributed by atoms with van der Waals surface area (Å²) in [6, 6.07) is 7.13. The molecule has 0 bridgehead atoms. The average Bonchev–Trinajstić information content (AvgIpc) is 2.77. The summed E-state index contributed by atoms with van der Waals surface area (Å²) in [5.74, 6) is -0.0299. The third-order valence-corrected chi connectivity index (χ3v) is 6.29. The van der Waals surface area contributed by atoms with Gasteiger partial charge in [0.15, 0.2) is 11.6 Å². The van der Waals surface area contributed by atoms with Crippen molar-refractivity contribution in [2.45, 2.75) is 86.5 Å². The second-order valence-corrected chi connectivity index (χ2v) is 9.56. The van der Waals surface area contributed by atoms with E-state index in [4.69, 9.17) is 0 Å². The van der Waals surface area contributed by atoms with Crippen LogP contribution in [0.4, 0.5) is 0 Å². The van der Waals surface area contributed by atoms with Crippen LogP contribution in [0.15, 0.2) is 82.0 Å². The number of fused-ring (bicyclic) bond motifs is 1. The quantitative estimate of drug-likeness (QED) is 0.319. The van der Waals surface area contributed by atoms with Crippen LogP contribution in [0.3, 0.4) is 0 Å². The van der Waals surface area contributed by atoms with E-state index in [-0.39, 0.29) is 11.6 Å². The monoisotopic (exact) mass is 444 g/mol. The molecule has 0 radical (unpaired) electrons. The van der Waals surface area contributed by atoms with Gasteiger partial charge in [-0.3, -0.25) is 9.59 Å². The van der Waals surface area contributed by atoms with Crippen molar-refractivity contribution in [3.05, 3.63) is 93.1 Å². The molecular weight excluding hydrogens is 404 g/mol. The highest BCUT2D eigenvalue weighted by Gasteiger charge is 2.28. The zero-order valence-electron chi connectivity index (χ0n) is 21.4. The first kappa shape index (κ1) is 26.5. The number of ketones is 2. The second-order valence-electron chi connectivity index (χ2n) is 9.56. The highest BCUT2D eigenvalue weighted by Crippen LogP contribution is 2.28. The lowest BCUT2D eigenvalue weighted by atomic mass is 9.83. The van der Waals surface area contributed by atoms with E-state index in [0.29, 0.717) is 28.7 Å². The van der Waals surface area contributed by atoms with Gasteiger partial charge in [0.05, 0.1) is 0 Å². The van der Waals surface area contributed by atoms with Crippen molar-refractivity contribution in [2.24, 2.45) is 0 Å². The summed E-state index contributed by atoms with van der Waals surface area (Å²) in [6.45, 7) is 12.6. The Kier molecular flexibility index (Phi) is 10.5. The van der Waals surface area contributed by atoms with E-state index in [2.05, 4.69) is 58.9 Å². The number of allylic oxidation sites excluding steroid dienone is 10. The maximum atomic E-state index is 12.9. The van der Waals surface area contributed by atoms with Crippen molar-refractivity contribution in [1.29, 1.82) is 0 Å². The van der Waals surface area contributed by atoms with Crippen molar-refractivity contribution in [3.63, 3.8) is 0 Å². The van der Waals surface area contributed by atoms with Crippen LogP contribution in [-0.2, 0) is 0 Å². The number of hydrogen-bond acceptors (Lipinski definition) is 2. The maximum absolute atomic E-state index is 12.9. The summed E-state index contributed by atoms with van der Waals surface area (Å²) in [5.41, 5.74) is 7.84. The summed E-state index contributed by atoms with van der Waals surface area (Å²) in [7, 11) is 0. The predicted molar refractivity (Wildman–Crippen MR) is 141 cm³/mol. The molecule has 2 rings (SSSR count). The van der Waals surface area contributed by atoms with Crippen LogP contribution in [-0.4, -0.2) is 11.6 Å². The minimum absolute atomic E-state index is 0.00770. The Morgan fingerprint density at radius 1 is 0.667 bits per heavy atom. The number of rotatable bonds is 11. The van der Waals surface area contributed by atoms with E-state index in [0.717, 1.165) is 38.5 Å². The summed E-state index contributed by atoms with van der Waals surface area (Å²) >= 11 is 0. The van der Waals surface area contributed by atoms with Crippen LogP contribution >= 0.6 is 0 Å². The van der Waals surface area contributed by atoms with E-state index in [1.165, 1.54) is 22.3 Å². The van der Waals surface area contributed by atoms with E-state index in [1.807, 2.05) is 12.1 Å². The Hall–Kier alpha value is -2.74. The molecule has 1 aromatic carbocycles. The fourth-order valence-corrected chi connectivity index (χ4v) is 4.06. The molecule has 0 saturated heterocycles. The van der Waals surface area contributed by atoms with Crippen molar-refractivity contribution in [3.8, 4) is 0 Å².